The summed E-state index contributed by atoms with van der Waals surface area (Å²) in [6.07, 6.45) is -0.489. The summed E-state index contributed by atoms with van der Waals surface area (Å²) in [5.41, 5.74) is 1.60. The number of rotatable bonds is 3. The van der Waals surface area contributed by atoms with Crippen LogP contribution < -0.4 is 5.32 Å². The first-order valence-electron chi connectivity index (χ1n) is 5.58. The summed E-state index contributed by atoms with van der Waals surface area (Å²) in [6.45, 7) is 0.245. The number of anilines is 1. The van der Waals surface area contributed by atoms with Crippen LogP contribution in [0.25, 0.3) is 0 Å². The third-order valence-electron chi connectivity index (χ3n) is 2.40. The summed E-state index contributed by atoms with van der Waals surface area (Å²) in [6, 6.07) is 15.1. The summed E-state index contributed by atoms with van der Waals surface area (Å²) in [5, 5.41) is 2.69. The molecule has 0 aliphatic rings. The number of hydrogen-bond acceptors (Lipinski definition) is 2. The van der Waals surface area contributed by atoms with E-state index in [0.717, 1.165) is 14.5 Å². The maximum Gasteiger partial charge on any atom is 0.412 e. The molecule has 98 valence electrons. The second kappa shape index (κ2) is 6.73. The highest BCUT2D eigenvalue weighted by Gasteiger charge is 2.09. The Morgan fingerprint density at radius 1 is 1.00 bits per heavy atom. The Morgan fingerprint density at radius 3 is 2.26 bits per heavy atom. The molecule has 0 spiro atoms. The van der Waals surface area contributed by atoms with Gasteiger partial charge >= 0.3 is 6.09 Å². The summed E-state index contributed by atoms with van der Waals surface area (Å²) >= 11 is 6.74. The molecule has 0 saturated carbocycles. The molecule has 0 unspecified atom stereocenters. The molecule has 3 nitrogen and oxygen atoms in total. The monoisotopic (exact) mass is 383 g/mol. The molecule has 0 heterocycles. The molecule has 0 radical (unpaired) electrons. The first kappa shape index (κ1) is 14.1. The number of carbonyl (C=O) groups is 1. The van der Waals surface area contributed by atoms with Crippen LogP contribution in [0.4, 0.5) is 10.5 Å². The highest BCUT2D eigenvalue weighted by Crippen LogP contribution is 2.30. The van der Waals surface area contributed by atoms with Gasteiger partial charge in [0.05, 0.1) is 5.69 Å². The number of carbonyl (C=O) groups excluding carboxylic acids is 1. The molecule has 1 amide bonds. The summed E-state index contributed by atoms with van der Waals surface area (Å²) in [5.74, 6) is 0. The minimum atomic E-state index is -0.489. The highest BCUT2D eigenvalue weighted by molar-refractivity contribution is 9.11. The van der Waals surface area contributed by atoms with Crippen LogP contribution in [-0.2, 0) is 11.3 Å². The molecule has 0 aliphatic heterocycles. The van der Waals surface area contributed by atoms with Crippen molar-refractivity contribution >= 4 is 43.6 Å². The van der Waals surface area contributed by atoms with Gasteiger partial charge in [-0.2, -0.15) is 0 Å². The minimum absolute atomic E-state index is 0.245. The van der Waals surface area contributed by atoms with Gasteiger partial charge in [0.25, 0.3) is 0 Å². The fourth-order valence-electron chi connectivity index (χ4n) is 1.48. The lowest BCUT2D eigenvalue weighted by atomic mass is 10.2. The third kappa shape index (κ3) is 4.08. The highest BCUT2D eigenvalue weighted by atomic mass is 79.9. The SMILES string of the molecule is O=C(Nc1c(Br)cccc1Br)OCc1ccccc1. The molecule has 0 atom stereocenters. The van der Waals surface area contributed by atoms with Crippen molar-refractivity contribution in [3.63, 3.8) is 0 Å². The predicted molar refractivity (Wildman–Crippen MR) is 82.1 cm³/mol. The Labute approximate surface area is 128 Å². The number of amides is 1. The maximum absolute atomic E-state index is 11.7. The second-order valence-corrected chi connectivity index (χ2v) is 5.49. The van der Waals surface area contributed by atoms with Crippen LogP contribution in [0.5, 0.6) is 0 Å². The quantitative estimate of drug-likeness (QED) is 0.811. The van der Waals surface area contributed by atoms with Gasteiger partial charge in [-0.05, 0) is 49.6 Å². The van der Waals surface area contributed by atoms with E-state index in [1.54, 1.807) is 0 Å². The first-order chi connectivity index (χ1) is 9.16. The Kier molecular flexibility index (Phi) is 4.99. The van der Waals surface area contributed by atoms with Crippen LogP contribution in [0.15, 0.2) is 57.5 Å². The van der Waals surface area contributed by atoms with Crippen molar-refractivity contribution in [2.45, 2.75) is 6.61 Å². The number of para-hydroxylation sites is 1. The van der Waals surface area contributed by atoms with Crippen molar-refractivity contribution in [3.05, 3.63) is 63.0 Å². The summed E-state index contributed by atoms with van der Waals surface area (Å²) in [7, 11) is 0. The van der Waals surface area contributed by atoms with Gasteiger partial charge in [-0.3, -0.25) is 5.32 Å². The van der Waals surface area contributed by atoms with E-state index in [9.17, 15) is 4.79 Å². The Morgan fingerprint density at radius 2 is 1.63 bits per heavy atom. The standard InChI is InChI=1S/C14H11Br2NO2/c15-11-7-4-8-12(16)13(11)17-14(18)19-9-10-5-2-1-3-6-10/h1-8H,9H2,(H,17,18). The number of hydrogen-bond donors (Lipinski definition) is 1. The van der Waals surface area contributed by atoms with Gasteiger partial charge in [-0.1, -0.05) is 36.4 Å². The minimum Gasteiger partial charge on any atom is -0.444 e. The van der Waals surface area contributed by atoms with E-state index >= 15 is 0 Å². The van der Waals surface area contributed by atoms with Gasteiger partial charge in [-0.15, -0.1) is 0 Å². The smallest absolute Gasteiger partial charge is 0.412 e. The van der Waals surface area contributed by atoms with E-state index in [1.165, 1.54) is 0 Å². The van der Waals surface area contributed by atoms with Gasteiger partial charge in [0.2, 0.25) is 0 Å². The van der Waals surface area contributed by atoms with E-state index in [-0.39, 0.29) is 6.61 Å². The van der Waals surface area contributed by atoms with E-state index in [1.807, 2.05) is 48.5 Å². The van der Waals surface area contributed by atoms with E-state index in [2.05, 4.69) is 37.2 Å². The molecule has 1 N–H and O–H groups in total. The van der Waals surface area contributed by atoms with Gasteiger partial charge in [0.15, 0.2) is 0 Å². The van der Waals surface area contributed by atoms with Crippen LogP contribution in [0.1, 0.15) is 5.56 Å². The molecular weight excluding hydrogens is 374 g/mol. The zero-order chi connectivity index (χ0) is 13.7. The van der Waals surface area contributed by atoms with Crippen molar-refractivity contribution in [2.75, 3.05) is 5.32 Å². The predicted octanol–water partition coefficient (Wildman–Crippen LogP) is 4.96. The molecule has 2 aromatic rings. The Bertz CT molecular complexity index is 553. The van der Waals surface area contributed by atoms with Crippen LogP contribution in [0.3, 0.4) is 0 Å². The van der Waals surface area contributed by atoms with E-state index in [0.29, 0.717) is 5.69 Å². The number of nitrogens with one attached hydrogen (secondary N) is 1. The average molecular weight is 385 g/mol. The number of ether oxygens (including phenoxy) is 1. The fraction of sp³-hybridized carbons (Fsp3) is 0.0714. The molecule has 0 aromatic heterocycles. The van der Waals surface area contributed by atoms with Crippen molar-refractivity contribution in [2.24, 2.45) is 0 Å². The lowest BCUT2D eigenvalue weighted by Gasteiger charge is -2.10. The molecule has 0 fully saturated rings. The first-order valence-corrected chi connectivity index (χ1v) is 7.17. The molecule has 0 saturated heterocycles. The van der Waals surface area contributed by atoms with E-state index < -0.39 is 6.09 Å². The van der Waals surface area contributed by atoms with Crippen molar-refractivity contribution in [1.29, 1.82) is 0 Å². The normalized spacial score (nSPS) is 10.0. The molecule has 0 bridgehead atoms. The Hall–Kier alpha value is -1.33. The number of halogens is 2. The van der Waals surface area contributed by atoms with Crippen molar-refractivity contribution in [3.8, 4) is 0 Å². The van der Waals surface area contributed by atoms with E-state index in [4.69, 9.17) is 4.74 Å². The molecule has 5 heteroatoms. The average Bonchev–Trinajstić information content (AvgIpc) is 2.42. The van der Waals surface area contributed by atoms with Gasteiger partial charge in [0, 0.05) is 8.95 Å². The molecular formula is C14H11Br2NO2. The van der Waals surface area contributed by atoms with Crippen molar-refractivity contribution in [1.82, 2.24) is 0 Å². The third-order valence-corrected chi connectivity index (χ3v) is 3.72. The molecule has 19 heavy (non-hydrogen) atoms. The van der Waals surface area contributed by atoms with Crippen LogP contribution in [-0.4, -0.2) is 6.09 Å². The van der Waals surface area contributed by atoms with Crippen LogP contribution in [0, 0.1) is 0 Å². The summed E-state index contributed by atoms with van der Waals surface area (Å²) in [4.78, 5) is 11.7. The van der Waals surface area contributed by atoms with Gasteiger partial charge < -0.3 is 4.74 Å². The lowest BCUT2D eigenvalue weighted by molar-refractivity contribution is 0.155. The van der Waals surface area contributed by atoms with Crippen molar-refractivity contribution < 1.29 is 9.53 Å². The number of benzene rings is 2. The molecule has 0 aliphatic carbocycles. The zero-order valence-electron chi connectivity index (χ0n) is 9.90. The van der Waals surface area contributed by atoms with Gasteiger partial charge in [0.1, 0.15) is 6.61 Å². The van der Waals surface area contributed by atoms with Crippen LogP contribution >= 0.6 is 31.9 Å². The zero-order valence-corrected chi connectivity index (χ0v) is 13.1. The lowest BCUT2D eigenvalue weighted by Crippen LogP contribution is -2.14. The maximum atomic E-state index is 11.7. The topological polar surface area (TPSA) is 38.3 Å². The second-order valence-electron chi connectivity index (χ2n) is 3.78. The van der Waals surface area contributed by atoms with Crippen LogP contribution in [0.2, 0.25) is 0 Å². The molecule has 2 rings (SSSR count). The Balaban J connectivity index is 1.95. The largest absolute Gasteiger partial charge is 0.444 e. The summed E-state index contributed by atoms with van der Waals surface area (Å²) < 4.78 is 6.73. The fourth-order valence-corrected chi connectivity index (χ4v) is 2.68. The van der Waals surface area contributed by atoms with Gasteiger partial charge in [-0.25, -0.2) is 4.79 Å². The molecule has 2 aromatic carbocycles.